The van der Waals surface area contributed by atoms with Gasteiger partial charge in [-0.25, -0.2) is 4.99 Å². The topological polar surface area (TPSA) is 66.6 Å². The quantitative estimate of drug-likeness (QED) is 0.136. The van der Waals surface area contributed by atoms with Crippen molar-refractivity contribution >= 4 is 20.8 Å². The number of hydrazone groups is 1. The molecule has 0 bridgehead atoms. The van der Waals surface area contributed by atoms with Crippen LogP contribution in [0.5, 0.6) is 0 Å². The van der Waals surface area contributed by atoms with Crippen LogP contribution in [-0.4, -0.2) is 46.1 Å². The first kappa shape index (κ1) is 14.9. The molecule has 0 aromatic heterocycles. The first-order valence-corrected chi connectivity index (χ1v) is 8.77. The van der Waals surface area contributed by atoms with E-state index in [0.29, 0.717) is 13.3 Å². The molecule has 0 radical (unpaired) electrons. The molecule has 0 aromatic carbocycles. The lowest BCUT2D eigenvalue weighted by atomic mass is 10.8. The van der Waals surface area contributed by atoms with Crippen molar-refractivity contribution in [3.05, 3.63) is 4.91 Å². The summed E-state index contributed by atoms with van der Waals surface area (Å²) >= 11 is 0. The van der Waals surface area contributed by atoms with Crippen molar-refractivity contribution in [3.63, 3.8) is 0 Å². The average molecular weight is 244 g/mol. The van der Waals surface area contributed by atoms with Gasteiger partial charge in [0.2, 0.25) is 0 Å². The van der Waals surface area contributed by atoms with E-state index in [2.05, 4.69) is 41.6 Å². The summed E-state index contributed by atoms with van der Waals surface area (Å²) in [6.07, 6.45) is 0. The van der Waals surface area contributed by atoms with Gasteiger partial charge in [-0.1, -0.05) is 19.6 Å². The molecule has 0 aliphatic heterocycles. The van der Waals surface area contributed by atoms with E-state index >= 15 is 0 Å². The molecule has 0 amide bonds. The molecule has 0 aliphatic rings. The molecule has 16 heavy (non-hydrogen) atoms. The third-order valence-corrected chi connectivity index (χ3v) is 3.46. The third kappa shape index (κ3) is 8.24. The SMILES string of the molecule is C=N/C(N=O)=N\N(C)COCC[Si](C)(C)C. The highest BCUT2D eigenvalue weighted by Gasteiger charge is 2.12. The summed E-state index contributed by atoms with van der Waals surface area (Å²) in [6, 6.07) is 1.10. The summed E-state index contributed by atoms with van der Waals surface area (Å²) in [5.74, 6) is -0.184. The fourth-order valence-corrected chi connectivity index (χ4v) is 1.59. The Morgan fingerprint density at radius 1 is 1.44 bits per heavy atom. The molecule has 0 heterocycles. The van der Waals surface area contributed by atoms with Gasteiger partial charge in [0.15, 0.2) is 0 Å². The van der Waals surface area contributed by atoms with E-state index < -0.39 is 8.07 Å². The Kier molecular flexibility index (Phi) is 6.74. The van der Waals surface area contributed by atoms with Gasteiger partial charge in [-0.2, -0.15) is 0 Å². The van der Waals surface area contributed by atoms with Crippen molar-refractivity contribution in [2.75, 3.05) is 20.4 Å². The molecule has 0 atom stereocenters. The minimum absolute atomic E-state index is 0.184. The Balaban J connectivity index is 3.82. The van der Waals surface area contributed by atoms with Gasteiger partial charge in [-0.15, -0.1) is 10.0 Å². The molecule has 6 nitrogen and oxygen atoms in total. The van der Waals surface area contributed by atoms with Crippen LogP contribution >= 0.6 is 0 Å². The summed E-state index contributed by atoms with van der Waals surface area (Å²) in [6.45, 7) is 11.1. The smallest absolute Gasteiger partial charge is 0.307 e. The van der Waals surface area contributed by atoms with Crippen LogP contribution in [0.1, 0.15) is 0 Å². The molecule has 92 valence electrons. The van der Waals surface area contributed by atoms with E-state index in [4.69, 9.17) is 4.74 Å². The summed E-state index contributed by atoms with van der Waals surface area (Å²) in [5.41, 5.74) is 0. The second kappa shape index (κ2) is 7.23. The van der Waals surface area contributed by atoms with Gasteiger partial charge in [0, 0.05) is 26.9 Å². The highest BCUT2D eigenvalue weighted by atomic mass is 28.3. The van der Waals surface area contributed by atoms with Gasteiger partial charge >= 0.3 is 5.96 Å². The van der Waals surface area contributed by atoms with Crippen LogP contribution in [0.4, 0.5) is 0 Å². The lowest BCUT2D eigenvalue weighted by molar-refractivity contribution is 0.0520. The fraction of sp³-hybridized carbons (Fsp3) is 0.778. The van der Waals surface area contributed by atoms with Crippen LogP contribution < -0.4 is 0 Å². The van der Waals surface area contributed by atoms with Crippen LogP contribution in [0.2, 0.25) is 25.7 Å². The fourth-order valence-electron chi connectivity index (χ4n) is 0.835. The second-order valence-electron chi connectivity index (χ2n) is 4.66. The Labute approximate surface area is 97.4 Å². The number of hydrogen-bond donors (Lipinski definition) is 0. The van der Waals surface area contributed by atoms with E-state index in [0.717, 1.165) is 6.04 Å². The van der Waals surface area contributed by atoms with Crippen molar-refractivity contribution in [3.8, 4) is 0 Å². The van der Waals surface area contributed by atoms with Crippen molar-refractivity contribution in [2.24, 2.45) is 15.3 Å². The Morgan fingerprint density at radius 3 is 2.50 bits per heavy atom. The number of aliphatic imine (C=N–C) groups is 1. The van der Waals surface area contributed by atoms with Crippen LogP contribution in [0.25, 0.3) is 0 Å². The van der Waals surface area contributed by atoms with E-state index in [9.17, 15) is 4.91 Å². The normalized spacial score (nSPS) is 12.4. The summed E-state index contributed by atoms with van der Waals surface area (Å²) < 4.78 is 5.41. The number of nitroso groups, excluding NO2 is 1. The lowest BCUT2D eigenvalue weighted by Crippen LogP contribution is -2.24. The van der Waals surface area contributed by atoms with Crippen LogP contribution in [-0.2, 0) is 4.74 Å². The van der Waals surface area contributed by atoms with Gasteiger partial charge in [0.25, 0.3) is 0 Å². The minimum Gasteiger partial charge on any atom is -0.360 e. The number of ether oxygens (including phenoxy) is 1. The van der Waals surface area contributed by atoms with Gasteiger partial charge in [-0.05, 0) is 12.8 Å². The van der Waals surface area contributed by atoms with Crippen LogP contribution in [0, 0.1) is 4.91 Å². The van der Waals surface area contributed by atoms with Crippen molar-refractivity contribution < 1.29 is 4.74 Å². The van der Waals surface area contributed by atoms with Gasteiger partial charge in [0.1, 0.15) is 6.73 Å². The maximum Gasteiger partial charge on any atom is 0.307 e. The molecule has 0 unspecified atom stereocenters. The first-order chi connectivity index (χ1) is 7.39. The molecule has 0 saturated carbocycles. The standard InChI is InChI=1S/C9H20N4O2Si/c1-10-9(12-14)11-13(2)8-15-6-7-16(3,4)5/h1,6-8H2,2-5H3/b11-9+. The molecule has 0 saturated heterocycles. The summed E-state index contributed by atoms with van der Waals surface area (Å²) in [4.78, 5) is 13.5. The minimum atomic E-state index is -1.05. The third-order valence-electron chi connectivity index (χ3n) is 1.76. The molecule has 0 rings (SSSR count). The van der Waals surface area contributed by atoms with E-state index in [-0.39, 0.29) is 5.96 Å². The predicted octanol–water partition coefficient (Wildman–Crippen LogP) is 1.97. The Bertz CT molecular complexity index is 253. The number of rotatable bonds is 6. The molecule has 0 fully saturated rings. The monoisotopic (exact) mass is 244 g/mol. The van der Waals surface area contributed by atoms with Crippen molar-refractivity contribution in [2.45, 2.75) is 25.7 Å². The Hall–Kier alpha value is -1.08. The first-order valence-electron chi connectivity index (χ1n) is 5.06. The molecular weight excluding hydrogens is 224 g/mol. The van der Waals surface area contributed by atoms with Crippen molar-refractivity contribution in [1.82, 2.24) is 5.01 Å². The van der Waals surface area contributed by atoms with Gasteiger partial charge in [0.05, 0.1) is 0 Å². The summed E-state index contributed by atoms with van der Waals surface area (Å²) in [7, 11) is 0.634. The van der Waals surface area contributed by atoms with E-state index in [1.807, 2.05) is 0 Å². The number of guanidine groups is 1. The second-order valence-corrected chi connectivity index (χ2v) is 10.3. The van der Waals surface area contributed by atoms with Gasteiger partial charge in [-0.3, -0.25) is 5.01 Å². The molecule has 7 heteroatoms. The van der Waals surface area contributed by atoms with Crippen molar-refractivity contribution in [1.29, 1.82) is 0 Å². The zero-order chi connectivity index (χ0) is 12.6. The number of hydrogen-bond acceptors (Lipinski definition) is 4. The average Bonchev–Trinajstić information content (AvgIpc) is 2.19. The zero-order valence-electron chi connectivity index (χ0n) is 10.4. The largest absolute Gasteiger partial charge is 0.360 e. The highest BCUT2D eigenvalue weighted by molar-refractivity contribution is 6.76. The van der Waals surface area contributed by atoms with E-state index in [1.165, 1.54) is 5.01 Å². The predicted molar refractivity (Wildman–Crippen MR) is 69.5 cm³/mol. The Morgan fingerprint density at radius 2 is 2.06 bits per heavy atom. The maximum absolute atomic E-state index is 10.2. The zero-order valence-corrected chi connectivity index (χ0v) is 11.4. The molecule has 0 aromatic rings. The maximum atomic E-state index is 10.2. The molecule has 0 N–H and O–H groups in total. The molecule has 0 aliphatic carbocycles. The van der Waals surface area contributed by atoms with Crippen LogP contribution in [0.3, 0.4) is 0 Å². The van der Waals surface area contributed by atoms with Gasteiger partial charge < -0.3 is 4.74 Å². The van der Waals surface area contributed by atoms with E-state index in [1.54, 1.807) is 7.05 Å². The number of nitrogens with zero attached hydrogens (tertiary/aromatic N) is 4. The molecule has 0 spiro atoms. The lowest BCUT2D eigenvalue weighted by Gasteiger charge is -2.17. The van der Waals surface area contributed by atoms with Crippen LogP contribution in [0.15, 0.2) is 15.3 Å². The highest BCUT2D eigenvalue weighted by Crippen LogP contribution is 2.07. The summed E-state index contributed by atoms with van der Waals surface area (Å²) in [5, 5.41) is 7.84. The molecular formula is C9H20N4O2Si.